The van der Waals surface area contributed by atoms with Crippen LogP contribution in [0.3, 0.4) is 0 Å². The van der Waals surface area contributed by atoms with Crippen LogP contribution in [0.25, 0.3) is 6.08 Å². The van der Waals surface area contributed by atoms with Crippen LogP contribution in [0.4, 0.5) is 5.69 Å². The van der Waals surface area contributed by atoms with Crippen LogP contribution < -0.4 is 14.4 Å². The maximum absolute atomic E-state index is 12.6. The summed E-state index contributed by atoms with van der Waals surface area (Å²) in [6.07, 6.45) is 3.40. The molecule has 0 atom stereocenters. The molecule has 1 aliphatic heterocycles. The van der Waals surface area contributed by atoms with E-state index in [-0.39, 0.29) is 5.91 Å². The number of carbonyl (C=O) groups excluding carboxylic acids is 1. The molecule has 5 heteroatoms. The Hall–Kier alpha value is -2.95. The highest BCUT2D eigenvalue weighted by atomic mass is 16.5. The normalized spacial score (nSPS) is 14.5. The van der Waals surface area contributed by atoms with Gasteiger partial charge in [0.2, 0.25) is 5.91 Å². The van der Waals surface area contributed by atoms with Crippen molar-refractivity contribution in [3.63, 3.8) is 0 Å². The second kappa shape index (κ2) is 8.62. The molecule has 1 aliphatic rings. The third-order valence-electron chi connectivity index (χ3n) is 4.89. The Bertz CT molecular complexity index is 824. The quantitative estimate of drug-likeness (QED) is 0.761. The van der Waals surface area contributed by atoms with E-state index in [1.807, 2.05) is 23.1 Å². The van der Waals surface area contributed by atoms with Gasteiger partial charge in [-0.05, 0) is 30.7 Å². The van der Waals surface area contributed by atoms with E-state index < -0.39 is 0 Å². The topological polar surface area (TPSA) is 42.0 Å². The van der Waals surface area contributed by atoms with Crippen LogP contribution in [0.5, 0.6) is 11.5 Å². The standard InChI is InChI=1S/C22H26N2O3/c1-17-7-4-5-9-19(17)23-13-15-24(16-14-23)21(25)12-11-18-8-6-10-20(26-2)22(18)27-3/h4-12H,13-16H2,1-3H3/b12-11+. The van der Waals surface area contributed by atoms with Crippen LogP contribution in [-0.2, 0) is 4.79 Å². The SMILES string of the molecule is COc1cccc(/C=C/C(=O)N2CCN(c3ccccc3C)CC2)c1OC. The van der Waals surface area contributed by atoms with Gasteiger partial charge in [-0.15, -0.1) is 0 Å². The average molecular weight is 366 g/mol. The number of amides is 1. The molecule has 0 bridgehead atoms. The van der Waals surface area contributed by atoms with Crippen molar-refractivity contribution in [2.24, 2.45) is 0 Å². The number of para-hydroxylation sites is 2. The van der Waals surface area contributed by atoms with Crippen LogP contribution in [-0.4, -0.2) is 51.2 Å². The summed E-state index contributed by atoms with van der Waals surface area (Å²) >= 11 is 0. The molecule has 2 aromatic carbocycles. The maximum Gasteiger partial charge on any atom is 0.246 e. The Balaban J connectivity index is 1.63. The number of rotatable bonds is 5. The first kappa shape index (κ1) is 18.8. The van der Waals surface area contributed by atoms with Crippen molar-refractivity contribution in [2.75, 3.05) is 45.3 Å². The molecule has 142 valence electrons. The minimum atomic E-state index is 0.0179. The molecule has 2 aromatic rings. The Morgan fingerprint density at radius 2 is 1.70 bits per heavy atom. The number of aryl methyl sites for hydroxylation is 1. The monoisotopic (exact) mass is 366 g/mol. The lowest BCUT2D eigenvalue weighted by Gasteiger charge is -2.36. The largest absolute Gasteiger partial charge is 0.493 e. The van der Waals surface area contributed by atoms with Gasteiger partial charge in [0.1, 0.15) is 0 Å². The Labute approximate surface area is 160 Å². The van der Waals surface area contributed by atoms with E-state index in [4.69, 9.17) is 9.47 Å². The molecule has 1 fully saturated rings. The van der Waals surface area contributed by atoms with Crippen molar-refractivity contribution in [2.45, 2.75) is 6.92 Å². The van der Waals surface area contributed by atoms with E-state index in [1.165, 1.54) is 11.3 Å². The number of hydrogen-bond donors (Lipinski definition) is 0. The van der Waals surface area contributed by atoms with Gasteiger partial charge in [-0.3, -0.25) is 4.79 Å². The molecule has 0 saturated carbocycles. The number of methoxy groups -OCH3 is 2. The molecule has 3 rings (SSSR count). The number of hydrogen-bond acceptors (Lipinski definition) is 4. The zero-order chi connectivity index (χ0) is 19.2. The van der Waals surface area contributed by atoms with Crippen molar-refractivity contribution < 1.29 is 14.3 Å². The van der Waals surface area contributed by atoms with Gasteiger partial charge in [0.05, 0.1) is 14.2 Å². The Morgan fingerprint density at radius 3 is 2.37 bits per heavy atom. The second-order valence-electron chi connectivity index (χ2n) is 6.51. The smallest absolute Gasteiger partial charge is 0.246 e. The van der Waals surface area contributed by atoms with E-state index in [1.54, 1.807) is 26.4 Å². The van der Waals surface area contributed by atoms with Gasteiger partial charge in [0.15, 0.2) is 11.5 Å². The number of nitrogens with zero attached hydrogens (tertiary/aromatic N) is 2. The lowest BCUT2D eigenvalue weighted by atomic mass is 10.1. The fraction of sp³-hybridized carbons (Fsp3) is 0.318. The van der Waals surface area contributed by atoms with Gasteiger partial charge in [-0.2, -0.15) is 0 Å². The summed E-state index contributed by atoms with van der Waals surface area (Å²) in [5.41, 5.74) is 3.34. The lowest BCUT2D eigenvalue weighted by Crippen LogP contribution is -2.48. The molecule has 0 radical (unpaired) electrons. The molecule has 1 saturated heterocycles. The predicted octanol–water partition coefficient (Wildman–Crippen LogP) is 3.37. The Kier molecular flexibility index (Phi) is 6.01. The van der Waals surface area contributed by atoms with E-state index >= 15 is 0 Å². The zero-order valence-electron chi connectivity index (χ0n) is 16.1. The zero-order valence-corrected chi connectivity index (χ0v) is 16.1. The molecule has 0 spiro atoms. The highest BCUT2D eigenvalue weighted by Gasteiger charge is 2.20. The maximum atomic E-state index is 12.6. The molecule has 0 aliphatic carbocycles. The first-order valence-electron chi connectivity index (χ1n) is 9.12. The fourth-order valence-electron chi connectivity index (χ4n) is 3.40. The van der Waals surface area contributed by atoms with E-state index in [0.717, 1.165) is 18.7 Å². The van der Waals surface area contributed by atoms with E-state index in [2.05, 4.69) is 36.1 Å². The molecule has 27 heavy (non-hydrogen) atoms. The van der Waals surface area contributed by atoms with Crippen molar-refractivity contribution >= 4 is 17.7 Å². The summed E-state index contributed by atoms with van der Waals surface area (Å²) in [4.78, 5) is 16.8. The Morgan fingerprint density at radius 1 is 0.963 bits per heavy atom. The first-order valence-corrected chi connectivity index (χ1v) is 9.12. The van der Waals surface area contributed by atoms with Crippen molar-refractivity contribution in [1.29, 1.82) is 0 Å². The highest BCUT2D eigenvalue weighted by molar-refractivity contribution is 5.92. The summed E-state index contributed by atoms with van der Waals surface area (Å²) in [6.45, 7) is 5.23. The minimum Gasteiger partial charge on any atom is -0.493 e. The van der Waals surface area contributed by atoms with Gasteiger partial charge in [-0.1, -0.05) is 30.3 Å². The van der Waals surface area contributed by atoms with Crippen LogP contribution in [0.1, 0.15) is 11.1 Å². The number of carbonyl (C=O) groups is 1. The lowest BCUT2D eigenvalue weighted by molar-refractivity contribution is -0.126. The summed E-state index contributed by atoms with van der Waals surface area (Å²) in [7, 11) is 3.20. The minimum absolute atomic E-state index is 0.0179. The van der Waals surface area contributed by atoms with Gasteiger partial charge >= 0.3 is 0 Å². The van der Waals surface area contributed by atoms with Crippen LogP contribution in [0, 0.1) is 6.92 Å². The highest BCUT2D eigenvalue weighted by Crippen LogP contribution is 2.31. The molecule has 5 nitrogen and oxygen atoms in total. The molecule has 1 heterocycles. The van der Waals surface area contributed by atoms with Crippen molar-refractivity contribution in [1.82, 2.24) is 4.90 Å². The summed E-state index contributed by atoms with van der Waals surface area (Å²) in [6, 6.07) is 14.0. The molecule has 1 amide bonds. The number of ether oxygens (including phenoxy) is 2. The molecule has 0 aromatic heterocycles. The van der Waals surface area contributed by atoms with E-state index in [9.17, 15) is 4.79 Å². The summed E-state index contributed by atoms with van der Waals surface area (Å²) in [5, 5.41) is 0. The van der Waals surface area contributed by atoms with Gasteiger partial charge in [0.25, 0.3) is 0 Å². The number of piperazine rings is 1. The molecule has 0 N–H and O–H groups in total. The predicted molar refractivity (Wildman–Crippen MR) is 109 cm³/mol. The van der Waals surface area contributed by atoms with Gasteiger partial charge in [-0.25, -0.2) is 0 Å². The molecular formula is C22H26N2O3. The van der Waals surface area contributed by atoms with E-state index in [0.29, 0.717) is 24.6 Å². The molecular weight excluding hydrogens is 340 g/mol. The van der Waals surface area contributed by atoms with Gasteiger partial charge in [0, 0.05) is 43.5 Å². The average Bonchev–Trinajstić information content (AvgIpc) is 2.72. The first-order chi connectivity index (χ1) is 13.1. The summed E-state index contributed by atoms with van der Waals surface area (Å²) < 4.78 is 10.7. The number of benzene rings is 2. The van der Waals surface area contributed by atoms with Crippen molar-refractivity contribution in [3.05, 3.63) is 59.7 Å². The van der Waals surface area contributed by atoms with Gasteiger partial charge < -0.3 is 19.3 Å². The third-order valence-corrected chi connectivity index (χ3v) is 4.89. The summed E-state index contributed by atoms with van der Waals surface area (Å²) in [5.74, 6) is 1.30. The van der Waals surface area contributed by atoms with Crippen LogP contribution >= 0.6 is 0 Å². The van der Waals surface area contributed by atoms with Crippen LogP contribution in [0.2, 0.25) is 0 Å². The third kappa shape index (κ3) is 4.25. The molecule has 0 unspecified atom stereocenters. The fourth-order valence-corrected chi connectivity index (χ4v) is 3.40. The van der Waals surface area contributed by atoms with Crippen LogP contribution in [0.15, 0.2) is 48.5 Å². The second-order valence-corrected chi connectivity index (χ2v) is 6.51. The number of anilines is 1. The van der Waals surface area contributed by atoms with Crippen molar-refractivity contribution in [3.8, 4) is 11.5 Å².